The van der Waals surface area contributed by atoms with Crippen molar-refractivity contribution in [1.29, 1.82) is 0 Å². The van der Waals surface area contributed by atoms with E-state index in [2.05, 4.69) is 38.1 Å². The maximum Gasteiger partial charge on any atom is 0.0705 e. The number of fused-ring (bicyclic) bond motifs is 1. The van der Waals surface area contributed by atoms with Crippen molar-refractivity contribution in [3.05, 3.63) is 42.1 Å². The number of nitrogens with two attached hydrogens (primary N) is 1. The third-order valence-corrected chi connectivity index (χ3v) is 4.21. The molecule has 2 nitrogen and oxygen atoms in total. The highest BCUT2D eigenvalue weighted by atomic mass is 14.8. The molecule has 0 aliphatic heterocycles. The Labute approximate surface area is 108 Å². The van der Waals surface area contributed by atoms with Gasteiger partial charge >= 0.3 is 0 Å². The van der Waals surface area contributed by atoms with E-state index < -0.39 is 0 Å². The van der Waals surface area contributed by atoms with Gasteiger partial charge in [-0.25, -0.2) is 0 Å². The zero-order chi connectivity index (χ0) is 12.8. The highest BCUT2D eigenvalue weighted by Crippen LogP contribution is 2.53. The van der Waals surface area contributed by atoms with Gasteiger partial charge in [0.15, 0.2) is 0 Å². The van der Waals surface area contributed by atoms with Crippen molar-refractivity contribution >= 4 is 10.9 Å². The Morgan fingerprint density at radius 2 is 2.00 bits per heavy atom. The van der Waals surface area contributed by atoms with Gasteiger partial charge in [-0.1, -0.05) is 38.1 Å². The van der Waals surface area contributed by atoms with E-state index in [0.717, 1.165) is 17.6 Å². The molecule has 3 rings (SSSR count). The van der Waals surface area contributed by atoms with Crippen LogP contribution in [0.15, 0.2) is 36.4 Å². The van der Waals surface area contributed by atoms with Gasteiger partial charge in [0.25, 0.3) is 0 Å². The predicted molar refractivity (Wildman–Crippen MR) is 75.3 cm³/mol. The van der Waals surface area contributed by atoms with Gasteiger partial charge in [0.2, 0.25) is 0 Å². The average Bonchev–Trinajstić information content (AvgIpc) is 2.98. The molecule has 2 atom stereocenters. The van der Waals surface area contributed by atoms with Crippen molar-refractivity contribution in [3.8, 4) is 0 Å². The standard InChI is InChI=1S/C16H20N2/c1-16(2)10-13(16)14(17)9-12-8-7-11-5-3-4-6-15(11)18-12/h3-8,13-14H,9-10,17H2,1-2H3. The van der Waals surface area contributed by atoms with Gasteiger partial charge in [0, 0.05) is 23.5 Å². The Morgan fingerprint density at radius 1 is 1.28 bits per heavy atom. The number of hydrogen-bond acceptors (Lipinski definition) is 2. The lowest BCUT2D eigenvalue weighted by atomic mass is 10.00. The summed E-state index contributed by atoms with van der Waals surface area (Å²) in [6.45, 7) is 4.59. The van der Waals surface area contributed by atoms with Crippen molar-refractivity contribution in [2.24, 2.45) is 17.1 Å². The Balaban J connectivity index is 1.79. The summed E-state index contributed by atoms with van der Waals surface area (Å²) in [7, 11) is 0. The van der Waals surface area contributed by atoms with E-state index >= 15 is 0 Å². The zero-order valence-corrected chi connectivity index (χ0v) is 11.1. The van der Waals surface area contributed by atoms with E-state index in [0.29, 0.717) is 11.3 Å². The van der Waals surface area contributed by atoms with E-state index in [-0.39, 0.29) is 6.04 Å². The van der Waals surface area contributed by atoms with Crippen LogP contribution in [-0.4, -0.2) is 11.0 Å². The van der Waals surface area contributed by atoms with Crippen LogP contribution in [0.25, 0.3) is 10.9 Å². The molecule has 2 N–H and O–H groups in total. The summed E-state index contributed by atoms with van der Waals surface area (Å²) in [5.74, 6) is 0.658. The van der Waals surface area contributed by atoms with E-state index in [1.807, 2.05) is 12.1 Å². The summed E-state index contributed by atoms with van der Waals surface area (Å²) in [5, 5.41) is 1.20. The predicted octanol–water partition coefficient (Wildman–Crippen LogP) is 3.15. The number of rotatable bonds is 3. The Hall–Kier alpha value is -1.41. The van der Waals surface area contributed by atoms with Crippen LogP contribution in [0.1, 0.15) is 26.0 Å². The van der Waals surface area contributed by atoms with Gasteiger partial charge in [0.05, 0.1) is 5.52 Å². The molecule has 1 fully saturated rings. The summed E-state index contributed by atoms with van der Waals surface area (Å²) in [4.78, 5) is 4.69. The normalized spacial score (nSPS) is 22.9. The number of para-hydroxylation sites is 1. The number of nitrogens with zero attached hydrogens (tertiary/aromatic N) is 1. The second kappa shape index (κ2) is 4.06. The molecule has 1 aliphatic carbocycles. The third-order valence-electron chi connectivity index (χ3n) is 4.21. The first kappa shape index (κ1) is 11.7. The summed E-state index contributed by atoms with van der Waals surface area (Å²) < 4.78 is 0. The van der Waals surface area contributed by atoms with E-state index in [1.54, 1.807) is 0 Å². The van der Waals surface area contributed by atoms with Gasteiger partial charge in [-0.05, 0) is 29.9 Å². The molecule has 0 bridgehead atoms. The minimum Gasteiger partial charge on any atom is -0.327 e. The van der Waals surface area contributed by atoms with Gasteiger partial charge < -0.3 is 5.73 Å². The highest BCUT2D eigenvalue weighted by molar-refractivity contribution is 5.78. The molecule has 0 amide bonds. The molecule has 1 heterocycles. The second-order valence-corrected chi connectivity index (χ2v) is 6.16. The van der Waals surface area contributed by atoms with Gasteiger partial charge in [-0.15, -0.1) is 0 Å². The molecular weight excluding hydrogens is 220 g/mol. The fourth-order valence-corrected chi connectivity index (χ4v) is 2.84. The molecule has 1 aromatic heterocycles. The molecule has 18 heavy (non-hydrogen) atoms. The number of aromatic nitrogens is 1. The maximum absolute atomic E-state index is 6.29. The van der Waals surface area contributed by atoms with Crippen molar-refractivity contribution in [2.75, 3.05) is 0 Å². The van der Waals surface area contributed by atoms with Crippen LogP contribution in [0.5, 0.6) is 0 Å². The van der Waals surface area contributed by atoms with E-state index in [1.165, 1.54) is 11.8 Å². The average molecular weight is 240 g/mol. The second-order valence-electron chi connectivity index (χ2n) is 6.16. The monoisotopic (exact) mass is 240 g/mol. The zero-order valence-electron chi connectivity index (χ0n) is 11.1. The molecule has 1 saturated carbocycles. The number of pyridine rings is 1. The summed E-state index contributed by atoms with van der Waals surface area (Å²) in [5.41, 5.74) is 8.91. The summed E-state index contributed by atoms with van der Waals surface area (Å²) >= 11 is 0. The Morgan fingerprint density at radius 3 is 2.72 bits per heavy atom. The van der Waals surface area contributed by atoms with Crippen molar-refractivity contribution in [1.82, 2.24) is 4.98 Å². The van der Waals surface area contributed by atoms with Crippen LogP contribution in [0, 0.1) is 11.3 Å². The molecular formula is C16H20N2. The topological polar surface area (TPSA) is 38.9 Å². The van der Waals surface area contributed by atoms with Crippen molar-refractivity contribution < 1.29 is 0 Å². The molecule has 1 aromatic carbocycles. The van der Waals surface area contributed by atoms with E-state index in [4.69, 9.17) is 10.7 Å². The summed E-state index contributed by atoms with van der Waals surface area (Å²) in [6.07, 6.45) is 2.14. The molecule has 0 spiro atoms. The molecule has 0 saturated heterocycles. The van der Waals surface area contributed by atoms with Crippen LogP contribution in [-0.2, 0) is 6.42 Å². The molecule has 1 aliphatic rings. The SMILES string of the molecule is CC1(C)CC1C(N)Cc1ccc2ccccc2n1. The van der Waals surface area contributed by atoms with Gasteiger partial charge in [0.1, 0.15) is 0 Å². The lowest BCUT2D eigenvalue weighted by Crippen LogP contribution is -2.27. The van der Waals surface area contributed by atoms with Crippen molar-refractivity contribution in [2.45, 2.75) is 32.7 Å². The van der Waals surface area contributed by atoms with Crippen LogP contribution >= 0.6 is 0 Å². The van der Waals surface area contributed by atoms with Crippen molar-refractivity contribution in [3.63, 3.8) is 0 Å². The van der Waals surface area contributed by atoms with Crippen LogP contribution in [0.4, 0.5) is 0 Å². The quantitative estimate of drug-likeness (QED) is 0.895. The smallest absolute Gasteiger partial charge is 0.0705 e. The first-order valence-electron chi connectivity index (χ1n) is 6.66. The summed E-state index contributed by atoms with van der Waals surface area (Å²) in [6, 6.07) is 12.7. The first-order chi connectivity index (χ1) is 8.56. The Kier molecular flexibility index (Phi) is 2.63. The molecule has 2 unspecified atom stereocenters. The highest BCUT2D eigenvalue weighted by Gasteiger charge is 2.48. The third kappa shape index (κ3) is 2.13. The lowest BCUT2D eigenvalue weighted by Gasteiger charge is -2.13. The van der Waals surface area contributed by atoms with Crippen LogP contribution in [0.2, 0.25) is 0 Å². The van der Waals surface area contributed by atoms with Crippen LogP contribution in [0.3, 0.4) is 0 Å². The molecule has 2 heteroatoms. The minimum absolute atomic E-state index is 0.244. The Bertz CT molecular complexity index is 574. The minimum atomic E-state index is 0.244. The molecule has 0 radical (unpaired) electrons. The molecule has 94 valence electrons. The maximum atomic E-state index is 6.29. The van der Waals surface area contributed by atoms with Gasteiger partial charge in [-0.2, -0.15) is 0 Å². The van der Waals surface area contributed by atoms with E-state index in [9.17, 15) is 0 Å². The fourth-order valence-electron chi connectivity index (χ4n) is 2.84. The largest absolute Gasteiger partial charge is 0.327 e. The number of benzene rings is 1. The fraction of sp³-hybridized carbons (Fsp3) is 0.438. The molecule has 2 aromatic rings. The van der Waals surface area contributed by atoms with Gasteiger partial charge in [-0.3, -0.25) is 4.98 Å². The first-order valence-corrected chi connectivity index (χ1v) is 6.66. The number of hydrogen-bond donors (Lipinski definition) is 1. The van der Waals surface area contributed by atoms with Crippen LogP contribution < -0.4 is 5.73 Å². The lowest BCUT2D eigenvalue weighted by molar-refractivity contribution is 0.474.